The van der Waals surface area contributed by atoms with E-state index in [4.69, 9.17) is 4.74 Å². The highest BCUT2D eigenvalue weighted by molar-refractivity contribution is 8.18. The van der Waals surface area contributed by atoms with Gasteiger partial charge >= 0.3 is 0 Å². The van der Waals surface area contributed by atoms with Crippen molar-refractivity contribution >= 4 is 40.6 Å². The molecule has 6 nitrogen and oxygen atoms in total. The minimum Gasteiger partial charge on any atom is -0.490 e. The summed E-state index contributed by atoms with van der Waals surface area (Å²) in [6.45, 7) is 3.67. The van der Waals surface area contributed by atoms with Crippen molar-refractivity contribution < 1.29 is 19.1 Å². The van der Waals surface area contributed by atoms with Crippen molar-refractivity contribution in [3.8, 4) is 5.75 Å². The third-order valence-corrected chi connectivity index (χ3v) is 4.69. The monoisotopic (exact) mass is 394 g/mol. The van der Waals surface area contributed by atoms with E-state index in [2.05, 4.69) is 11.9 Å². The molecule has 2 aromatic rings. The fourth-order valence-corrected chi connectivity index (χ4v) is 3.31. The van der Waals surface area contributed by atoms with Gasteiger partial charge in [-0.3, -0.25) is 19.3 Å². The fraction of sp³-hybridized carbons (Fsp3) is 0.0952. The predicted molar refractivity (Wildman–Crippen MR) is 110 cm³/mol. The van der Waals surface area contributed by atoms with Gasteiger partial charge in [-0.1, -0.05) is 43.0 Å². The summed E-state index contributed by atoms with van der Waals surface area (Å²) in [7, 11) is 0. The van der Waals surface area contributed by atoms with Crippen LogP contribution in [-0.2, 0) is 9.59 Å². The summed E-state index contributed by atoms with van der Waals surface area (Å²) >= 11 is 0.817. The van der Waals surface area contributed by atoms with E-state index in [-0.39, 0.29) is 11.4 Å². The maximum absolute atomic E-state index is 12.5. The number of anilines is 1. The van der Waals surface area contributed by atoms with Crippen molar-refractivity contribution in [1.29, 1.82) is 0 Å². The molecule has 3 rings (SSSR count). The van der Waals surface area contributed by atoms with Crippen molar-refractivity contribution in [3.63, 3.8) is 0 Å². The Morgan fingerprint density at radius 3 is 2.50 bits per heavy atom. The molecule has 0 atom stereocenters. The van der Waals surface area contributed by atoms with Crippen LogP contribution in [0, 0.1) is 0 Å². The molecule has 0 bridgehead atoms. The van der Waals surface area contributed by atoms with Crippen molar-refractivity contribution in [2.45, 2.75) is 0 Å². The fourth-order valence-electron chi connectivity index (χ4n) is 2.47. The number of carbonyl (C=O) groups is 3. The zero-order chi connectivity index (χ0) is 19.9. The lowest BCUT2D eigenvalue weighted by Gasteiger charge is -2.12. The molecule has 0 spiro atoms. The molecule has 28 heavy (non-hydrogen) atoms. The number of ether oxygens (including phenoxy) is 1. The predicted octanol–water partition coefficient (Wildman–Crippen LogP) is 3.93. The molecule has 1 fully saturated rings. The molecular formula is C21H18N2O4S. The molecule has 0 unspecified atom stereocenters. The van der Waals surface area contributed by atoms with Crippen LogP contribution in [0.3, 0.4) is 0 Å². The van der Waals surface area contributed by atoms with E-state index in [1.807, 2.05) is 6.07 Å². The first-order valence-corrected chi connectivity index (χ1v) is 9.32. The first-order valence-electron chi connectivity index (χ1n) is 8.51. The minimum atomic E-state index is -0.481. The molecule has 0 saturated carbocycles. The summed E-state index contributed by atoms with van der Waals surface area (Å²) < 4.78 is 5.41. The van der Waals surface area contributed by atoms with Gasteiger partial charge in [-0.25, -0.2) is 0 Å². The van der Waals surface area contributed by atoms with Crippen LogP contribution in [0.5, 0.6) is 5.75 Å². The second-order valence-corrected chi connectivity index (χ2v) is 6.84. The number of nitrogens with one attached hydrogen (secondary N) is 1. The average molecular weight is 394 g/mol. The number of para-hydroxylation sites is 1. The van der Waals surface area contributed by atoms with Gasteiger partial charge in [0.1, 0.15) is 18.9 Å². The molecule has 0 aliphatic carbocycles. The maximum Gasteiger partial charge on any atom is 0.294 e. The first-order chi connectivity index (χ1) is 13.6. The number of hydrogen-bond acceptors (Lipinski definition) is 5. The summed E-state index contributed by atoms with van der Waals surface area (Å²) in [4.78, 5) is 38.0. The normalized spacial score (nSPS) is 15.0. The number of rotatable bonds is 7. The lowest BCUT2D eigenvalue weighted by Crippen LogP contribution is -2.36. The summed E-state index contributed by atoms with van der Waals surface area (Å²) in [5, 5.41) is 2.20. The van der Waals surface area contributed by atoms with Crippen LogP contribution in [0.4, 0.5) is 10.5 Å². The number of nitrogens with zero attached hydrogens (tertiary/aromatic N) is 1. The van der Waals surface area contributed by atoms with Gasteiger partial charge < -0.3 is 10.1 Å². The van der Waals surface area contributed by atoms with E-state index < -0.39 is 17.1 Å². The molecule has 7 heteroatoms. The third-order valence-electron chi connectivity index (χ3n) is 3.78. The second-order valence-electron chi connectivity index (χ2n) is 5.85. The Morgan fingerprint density at radius 1 is 1.11 bits per heavy atom. The van der Waals surface area contributed by atoms with Gasteiger partial charge in [-0.05, 0) is 47.7 Å². The van der Waals surface area contributed by atoms with Gasteiger partial charge in [-0.2, -0.15) is 0 Å². The minimum absolute atomic E-state index is 0.275. The number of amides is 3. The van der Waals surface area contributed by atoms with Gasteiger partial charge in [-0.15, -0.1) is 0 Å². The Balaban J connectivity index is 1.64. The molecule has 1 heterocycles. The standard InChI is InChI=1S/C21H18N2O4S/c1-2-12-27-17-10-8-15(9-11-17)13-18-20(25)23(21(26)28-18)14-19(24)22-16-6-4-3-5-7-16/h2-11,13H,1,12,14H2,(H,22,24)/b18-13-. The molecule has 142 valence electrons. The van der Waals surface area contributed by atoms with Crippen LogP contribution in [0.25, 0.3) is 6.08 Å². The zero-order valence-electron chi connectivity index (χ0n) is 15.0. The summed E-state index contributed by atoms with van der Waals surface area (Å²) in [5.74, 6) is -0.230. The largest absolute Gasteiger partial charge is 0.490 e. The van der Waals surface area contributed by atoms with Crippen LogP contribution in [-0.4, -0.2) is 35.1 Å². The molecule has 1 aliphatic heterocycles. The lowest BCUT2D eigenvalue weighted by atomic mass is 10.2. The Labute approximate surface area is 166 Å². The first kappa shape index (κ1) is 19.4. The van der Waals surface area contributed by atoms with Crippen LogP contribution in [0.2, 0.25) is 0 Å². The van der Waals surface area contributed by atoms with Gasteiger partial charge in [0.25, 0.3) is 11.1 Å². The number of carbonyl (C=O) groups excluding carboxylic acids is 3. The van der Waals surface area contributed by atoms with Gasteiger partial charge in [0.05, 0.1) is 4.91 Å². The third kappa shape index (κ3) is 4.89. The Kier molecular flexibility index (Phi) is 6.29. The van der Waals surface area contributed by atoms with Crippen LogP contribution >= 0.6 is 11.8 Å². The summed E-state index contributed by atoms with van der Waals surface area (Å²) in [6, 6.07) is 16.0. The van der Waals surface area contributed by atoms with E-state index in [0.717, 1.165) is 22.2 Å². The van der Waals surface area contributed by atoms with Crippen molar-refractivity contribution in [2.75, 3.05) is 18.5 Å². The smallest absolute Gasteiger partial charge is 0.294 e. The summed E-state index contributed by atoms with van der Waals surface area (Å²) in [6.07, 6.45) is 3.27. The average Bonchev–Trinajstić information content (AvgIpc) is 2.95. The second kappa shape index (κ2) is 9.05. The molecule has 1 aliphatic rings. The molecule has 0 aromatic heterocycles. The van der Waals surface area contributed by atoms with Crippen LogP contribution in [0.1, 0.15) is 5.56 Å². The van der Waals surface area contributed by atoms with Gasteiger partial charge in [0, 0.05) is 5.69 Å². The molecular weight excluding hydrogens is 376 g/mol. The number of imide groups is 1. The Morgan fingerprint density at radius 2 is 1.82 bits per heavy atom. The quantitative estimate of drug-likeness (QED) is 0.569. The highest BCUT2D eigenvalue weighted by atomic mass is 32.2. The number of benzene rings is 2. The van der Waals surface area contributed by atoms with Crippen LogP contribution in [0.15, 0.2) is 72.2 Å². The Hall–Kier alpha value is -3.32. The van der Waals surface area contributed by atoms with Crippen molar-refractivity contribution in [2.24, 2.45) is 0 Å². The van der Waals surface area contributed by atoms with E-state index in [1.54, 1.807) is 60.7 Å². The SMILES string of the molecule is C=CCOc1ccc(/C=C2\SC(=O)N(CC(=O)Nc3ccccc3)C2=O)cc1. The summed E-state index contributed by atoms with van der Waals surface area (Å²) in [5.41, 5.74) is 1.36. The van der Waals surface area contributed by atoms with E-state index in [9.17, 15) is 14.4 Å². The Bertz CT molecular complexity index is 923. The zero-order valence-corrected chi connectivity index (χ0v) is 15.8. The topological polar surface area (TPSA) is 75.7 Å². The molecule has 3 amide bonds. The molecule has 0 radical (unpaired) electrons. The number of thioether (sulfide) groups is 1. The van der Waals surface area contributed by atoms with E-state index >= 15 is 0 Å². The molecule has 1 saturated heterocycles. The van der Waals surface area contributed by atoms with E-state index in [1.165, 1.54) is 0 Å². The number of hydrogen-bond donors (Lipinski definition) is 1. The maximum atomic E-state index is 12.5. The highest BCUT2D eigenvalue weighted by Gasteiger charge is 2.36. The molecule has 1 N–H and O–H groups in total. The highest BCUT2D eigenvalue weighted by Crippen LogP contribution is 2.32. The van der Waals surface area contributed by atoms with Crippen molar-refractivity contribution in [1.82, 2.24) is 4.90 Å². The van der Waals surface area contributed by atoms with Gasteiger partial charge in [0.15, 0.2) is 0 Å². The lowest BCUT2D eigenvalue weighted by molar-refractivity contribution is -0.127. The van der Waals surface area contributed by atoms with E-state index in [0.29, 0.717) is 18.0 Å². The van der Waals surface area contributed by atoms with Crippen LogP contribution < -0.4 is 10.1 Å². The van der Waals surface area contributed by atoms with Gasteiger partial charge in [0.2, 0.25) is 5.91 Å². The van der Waals surface area contributed by atoms with Crippen molar-refractivity contribution in [3.05, 3.63) is 77.7 Å². The molecule has 2 aromatic carbocycles.